The fourth-order valence-electron chi connectivity index (χ4n) is 6.15. The van der Waals surface area contributed by atoms with E-state index in [-0.39, 0.29) is 53.0 Å². The maximum Gasteiger partial charge on any atom is 0.416 e. The van der Waals surface area contributed by atoms with E-state index in [1.807, 2.05) is 0 Å². The minimum Gasteiger partial charge on any atom is -0.481 e. The van der Waals surface area contributed by atoms with Crippen LogP contribution in [0.1, 0.15) is 77.8 Å². The molecule has 4 rings (SSSR count). The lowest BCUT2D eigenvalue weighted by Gasteiger charge is -2.27. The summed E-state index contributed by atoms with van der Waals surface area (Å²) in [6, 6.07) is 5.18. The van der Waals surface area contributed by atoms with Gasteiger partial charge in [-0.3, -0.25) is 19.4 Å². The van der Waals surface area contributed by atoms with Crippen molar-refractivity contribution < 1.29 is 41.0 Å². The highest BCUT2D eigenvalue weighted by molar-refractivity contribution is 5.82. The van der Waals surface area contributed by atoms with Crippen LogP contribution in [0.2, 0.25) is 0 Å². The van der Waals surface area contributed by atoms with Crippen LogP contribution in [-0.2, 0) is 28.6 Å². The molecule has 0 saturated heterocycles. The summed E-state index contributed by atoms with van der Waals surface area (Å²) in [5, 5.41) is 12.1. The lowest BCUT2D eigenvalue weighted by molar-refractivity contribution is -0.139. The van der Waals surface area contributed by atoms with Gasteiger partial charge in [0.1, 0.15) is 23.5 Å². The highest BCUT2D eigenvalue weighted by atomic mass is 19.4. The summed E-state index contributed by atoms with van der Waals surface area (Å²) in [6.07, 6.45) is 1.75. The number of benzene rings is 2. The highest BCUT2D eigenvalue weighted by Gasteiger charge is 2.36. The minimum atomic E-state index is -4.91. The van der Waals surface area contributed by atoms with Crippen LogP contribution in [0.15, 0.2) is 59.7 Å². The number of pyridine rings is 2. The number of nitrogens with one attached hydrogen (secondary N) is 1. The van der Waals surface area contributed by atoms with Crippen LogP contribution in [-0.4, -0.2) is 26.5 Å². The number of halogens is 6. The molecule has 7 nitrogen and oxygen atoms in total. The predicted molar refractivity (Wildman–Crippen MR) is 178 cm³/mol. The van der Waals surface area contributed by atoms with Crippen LogP contribution >= 0.6 is 0 Å². The van der Waals surface area contributed by atoms with Crippen LogP contribution in [0, 0.1) is 49.6 Å². The monoisotopic (exact) mass is 711 g/mol. The van der Waals surface area contributed by atoms with Gasteiger partial charge in [-0.25, -0.2) is 13.2 Å². The molecule has 0 unspecified atom stereocenters. The van der Waals surface area contributed by atoms with Crippen molar-refractivity contribution in [1.29, 1.82) is 0 Å². The van der Waals surface area contributed by atoms with E-state index in [1.165, 1.54) is 20.0 Å². The first kappa shape index (κ1) is 38.4. The van der Waals surface area contributed by atoms with Gasteiger partial charge in [0.15, 0.2) is 0 Å². The summed E-state index contributed by atoms with van der Waals surface area (Å²) in [5.74, 6) is -4.08. The molecular formula is C38H35F6N3O4. The van der Waals surface area contributed by atoms with Crippen molar-refractivity contribution in [3.05, 3.63) is 122 Å². The molecular weight excluding hydrogens is 676 g/mol. The summed E-state index contributed by atoms with van der Waals surface area (Å²) < 4.78 is 89.6. The Morgan fingerprint density at radius 1 is 1.02 bits per heavy atom. The Morgan fingerprint density at radius 3 is 2.24 bits per heavy atom. The molecule has 0 aliphatic heterocycles. The molecule has 2 N–H and O–H groups in total. The average Bonchev–Trinajstić information content (AvgIpc) is 3.03. The maximum atomic E-state index is 16.5. The molecule has 4 aromatic rings. The van der Waals surface area contributed by atoms with Crippen molar-refractivity contribution in [2.24, 2.45) is 5.92 Å². The fourth-order valence-corrected chi connectivity index (χ4v) is 6.15. The van der Waals surface area contributed by atoms with Gasteiger partial charge in [-0.05, 0) is 91.6 Å². The van der Waals surface area contributed by atoms with E-state index in [0.717, 1.165) is 29.0 Å². The number of carboxylic acid groups (broad SMARTS) is 1. The van der Waals surface area contributed by atoms with E-state index in [0.29, 0.717) is 11.8 Å². The van der Waals surface area contributed by atoms with Crippen LogP contribution < -0.4 is 10.9 Å². The summed E-state index contributed by atoms with van der Waals surface area (Å²) in [4.78, 5) is 43.4. The number of carbonyl (C=O) groups is 2. The molecule has 268 valence electrons. The maximum absolute atomic E-state index is 16.5. The average molecular weight is 712 g/mol. The summed E-state index contributed by atoms with van der Waals surface area (Å²) in [6.45, 7) is 6.34. The summed E-state index contributed by atoms with van der Waals surface area (Å²) >= 11 is 0. The molecule has 0 saturated carbocycles. The normalized spacial score (nSPS) is 12.7. The molecule has 2 aromatic heterocycles. The van der Waals surface area contributed by atoms with Crippen molar-refractivity contribution in [3.63, 3.8) is 0 Å². The number of hydrogen-bond acceptors (Lipinski definition) is 4. The minimum absolute atomic E-state index is 0.0727. The van der Waals surface area contributed by atoms with E-state index in [1.54, 1.807) is 32.0 Å². The molecule has 2 aromatic carbocycles. The van der Waals surface area contributed by atoms with Crippen molar-refractivity contribution in [2.45, 2.75) is 71.6 Å². The van der Waals surface area contributed by atoms with E-state index in [2.05, 4.69) is 16.2 Å². The third-order valence-electron chi connectivity index (χ3n) is 8.38. The zero-order valence-electron chi connectivity index (χ0n) is 28.2. The second-order valence-corrected chi connectivity index (χ2v) is 12.7. The first-order valence-electron chi connectivity index (χ1n) is 15.9. The number of nitrogens with zero attached hydrogens (tertiary/aromatic N) is 2. The largest absolute Gasteiger partial charge is 0.481 e. The number of carbonyl (C=O) groups excluding carboxylic acids is 1. The zero-order chi connectivity index (χ0) is 37.8. The molecule has 51 heavy (non-hydrogen) atoms. The smallest absolute Gasteiger partial charge is 0.416 e. The number of carboxylic acids is 1. The second kappa shape index (κ2) is 15.7. The number of aryl methyl sites for hydroxylation is 4. The number of hydrogen-bond donors (Lipinski definition) is 2. The van der Waals surface area contributed by atoms with E-state index >= 15 is 8.78 Å². The number of aliphatic carboxylic acids is 1. The topological polar surface area (TPSA) is 101 Å². The molecule has 1 amide bonds. The first-order valence-corrected chi connectivity index (χ1v) is 15.9. The summed E-state index contributed by atoms with van der Waals surface area (Å²) in [5.41, 5.74) is -3.11. The predicted octanol–water partition coefficient (Wildman–Crippen LogP) is 7.65. The summed E-state index contributed by atoms with van der Waals surface area (Å²) in [7, 11) is 0. The molecule has 2 atom stereocenters. The van der Waals surface area contributed by atoms with Gasteiger partial charge in [0.25, 0.3) is 5.56 Å². The quantitative estimate of drug-likeness (QED) is 0.116. The second-order valence-electron chi connectivity index (χ2n) is 12.7. The standard InChI is InChI=1S/C38H35F6N3O4/c1-6-23-16-27(33-21(4)14-25(39)15-22(33)5)36(41)34(35(23)40)29(18-32(49)50)46-37(51)30(13-20(2)3)47-19-24(10-11-26-9-7-8-12-45-26)28(17-31(47)48)38(42,43)44/h1,7-9,12,14-17,19-20,29-30H,10-11,13,18H2,2-5H3,(H,46,51)(H,49,50)/t29-,30-/m1/s1. The van der Waals surface area contributed by atoms with Crippen LogP contribution in [0.3, 0.4) is 0 Å². The van der Waals surface area contributed by atoms with Gasteiger partial charge in [0.2, 0.25) is 5.91 Å². The number of terminal acetylenes is 1. The van der Waals surface area contributed by atoms with Crippen molar-refractivity contribution in [3.8, 4) is 23.5 Å². The third-order valence-corrected chi connectivity index (χ3v) is 8.38. The van der Waals surface area contributed by atoms with Crippen molar-refractivity contribution in [2.75, 3.05) is 0 Å². The van der Waals surface area contributed by atoms with Gasteiger partial charge in [-0.2, -0.15) is 13.2 Å². The molecule has 0 spiro atoms. The molecule has 2 heterocycles. The van der Waals surface area contributed by atoms with E-state index in [4.69, 9.17) is 6.42 Å². The Labute approximate surface area is 290 Å². The van der Waals surface area contributed by atoms with Crippen LogP contribution in [0.25, 0.3) is 11.1 Å². The van der Waals surface area contributed by atoms with Gasteiger partial charge >= 0.3 is 12.1 Å². The zero-order valence-corrected chi connectivity index (χ0v) is 28.2. The lowest BCUT2D eigenvalue weighted by Crippen LogP contribution is -2.41. The Bertz CT molecular complexity index is 2030. The van der Waals surface area contributed by atoms with Crippen molar-refractivity contribution in [1.82, 2.24) is 14.9 Å². The van der Waals surface area contributed by atoms with Crippen LogP contribution in [0.4, 0.5) is 26.3 Å². The fraction of sp³-hybridized carbons (Fsp3) is 0.316. The molecule has 0 aliphatic rings. The molecule has 0 aliphatic carbocycles. The van der Waals surface area contributed by atoms with Gasteiger partial charge in [0.05, 0.1) is 23.6 Å². The number of rotatable bonds is 12. The van der Waals surface area contributed by atoms with Crippen LogP contribution in [0.5, 0.6) is 0 Å². The Morgan fingerprint density at radius 2 is 1.69 bits per heavy atom. The highest BCUT2D eigenvalue weighted by Crippen LogP contribution is 2.38. The molecule has 0 fully saturated rings. The third kappa shape index (κ3) is 8.86. The number of alkyl halides is 3. The molecule has 0 radical (unpaired) electrons. The van der Waals surface area contributed by atoms with Gasteiger partial charge in [-0.1, -0.05) is 25.8 Å². The van der Waals surface area contributed by atoms with E-state index in [9.17, 15) is 37.1 Å². The molecule has 13 heteroatoms. The van der Waals surface area contributed by atoms with Gasteiger partial charge < -0.3 is 15.0 Å². The first-order chi connectivity index (χ1) is 23.9. The molecule has 0 bridgehead atoms. The van der Waals surface area contributed by atoms with Gasteiger partial charge in [0, 0.05) is 35.3 Å². The number of aromatic nitrogens is 2. The Hall–Kier alpha value is -5.38. The van der Waals surface area contributed by atoms with Crippen molar-refractivity contribution >= 4 is 11.9 Å². The Kier molecular flexibility index (Phi) is 11.8. The SMILES string of the molecule is C#Cc1cc(-c2c(C)cc(F)cc2C)c(F)c([C@@H](CC(=O)O)NC(=O)[C@@H](CC(C)C)n2cc(CCc3ccccn3)c(C(F)(F)F)cc2=O)c1F. The number of amides is 1. The lowest BCUT2D eigenvalue weighted by atomic mass is 9.89. The van der Waals surface area contributed by atoms with Gasteiger partial charge in [-0.15, -0.1) is 6.42 Å². The Balaban J connectivity index is 1.85. The van der Waals surface area contributed by atoms with E-state index < -0.39 is 76.3 Å².